The third-order valence-corrected chi connectivity index (χ3v) is 4.11. The molecule has 8 heteroatoms. The maximum atomic E-state index is 12.4. The summed E-state index contributed by atoms with van der Waals surface area (Å²) in [6, 6.07) is 9.92. The van der Waals surface area contributed by atoms with E-state index in [0.29, 0.717) is 55.1 Å². The van der Waals surface area contributed by atoms with Crippen LogP contribution in [0.1, 0.15) is 44.5 Å². The first-order valence-corrected chi connectivity index (χ1v) is 10.8. The van der Waals surface area contributed by atoms with E-state index in [2.05, 4.69) is 5.32 Å². The number of esters is 1. The summed E-state index contributed by atoms with van der Waals surface area (Å²) in [6.45, 7) is 8.99. The molecule has 0 atom stereocenters. The Balaban J connectivity index is 2.03. The zero-order valence-corrected chi connectivity index (χ0v) is 19.1. The molecule has 0 unspecified atom stereocenters. The van der Waals surface area contributed by atoms with Gasteiger partial charge in [-0.05, 0) is 57.5 Å². The van der Waals surface area contributed by atoms with Gasteiger partial charge in [-0.15, -0.1) is 0 Å². The number of amides is 1. The molecule has 0 radical (unpaired) electrons. The van der Waals surface area contributed by atoms with Gasteiger partial charge in [-0.2, -0.15) is 0 Å². The van der Waals surface area contributed by atoms with Crippen LogP contribution in [-0.2, 0) is 9.53 Å². The van der Waals surface area contributed by atoms with Crippen LogP contribution >= 0.6 is 0 Å². The van der Waals surface area contributed by atoms with Gasteiger partial charge < -0.3 is 29.0 Å². The lowest BCUT2D eigenvalue weighted by atomic mass is 10.2. The zero-order valence-electron chi connectivity index (χ0n) is 19.1. The normalized spacial score (nSPS) is 10.2. The van der Waals surface area contributed by atoms with Crippen molar-refractivity contribution >= 4 is 17.6 Å². The Bertz CT molecular complexity index is 898. The number of carbonyl (C=O) groups is 2. The molecule has 0 spiro atoms. The van der Waals surface area contributed by atoms with Crippen LogP contribution in [0.25, 0.3) is 0 Å². The molecule has 0 saturated carbocycles. The summed E-state index contributed by atoms with van der Waals surface area (Å²) in [5, 5.41) is 2.70. The summed E-state index contributed by atoms with van der Waals surface area (Å²) >= 11 is 0. The quantitative estimate of drug-likeness (QED) is 0.455. The van der Waals surface area contributed by atoms with Gasteiger partial charge in [0.1, 0.15) is 11.5 Å². The standard InChI is InChI=1S/C24H31NO7/c1-5-13-31-21-11-9-17(14-22(21)30-8-4)24(27)32-16-23(26)25-19-15-18(28-6-2)10-12-20(19)29-7-3/h9-12,14-15H,5-8,13,16H2,1-4H3,(H,25,26). The molecule has 2 aromatic rings. The highest BCUT2D eigenvalue weighted by molar-refractivity contribution is 5.96. The molecule has 2 rings (SSSR count). The van der Waals surface area contributed by atoms with E-state index in [1.165, 1.54) is 0 Å². The monoisotopic (exact) mass is 445 g/mol. The second-order valence-corrected chi connectivity index (χ2v) is 6.59. The van der Waals surface area contributed by atoms with Crippen molar-refractivity contribution in [2.75, 3.05) is 38.4 Å². The van der Waals surface area contributed by atoms with Crippen LogP contribution in [0.2, 0.25) is 0 Å². The molecule has 0 aliphatic carbocycles. The molecule has 0 heterocycles. The van der Waals surface area contributed by atoms with E-state index in [4.69, 9.17) is 23.7 Å². The molecule has 8 nitrogen and oxygen atoms in total. The van der Waals surface area contributed by atoms with Gasteiger partial charge in [0.05, 0.1) is 37.7 Å². The highest BCUT2D eigenvalue weighted by Gasteiger charge is 2.16. The first-order valence-electron chi connectivity index (χ1n) is 10.8. The number of anilines is 1. The van der Waals surface area contributed by atoms with E-state index < -0.39 is 18.5 Å². The van der Waals surface area contributed by atoms with Crippen molar-refractivity contribution in [2.24, 2.45) is 0 Å². The number of nitrogens with one attached hydrogen (secondary N) is 1. The van der Waals surface area contributed by atoms with Gasteiger partial charge in [-0.1, -0.05) is 6.92 Å². The van der Waals surface area contributed by atoms with Crippen molar-refractivity contribution in [1.82, 2.24) is 0 Å². The lowest BCUT2D eigenvalue weighted by molar-refractivity contribution is -0.119. The minimum absolute atomic E-state index is 0.262. The predicted molar refractivity (Wildman–Crippen MR) is 121 cm³/mol. The Morgan fingerprint density at radius 3 is 2.16 bits per heavy atom. The van der Waals surface area contributed by atoms with Crippen molar-refractivity contribution in [3.05, 3.63) is 42.0 Å². The molecule has 1 amide bonds. The average molecular weight is 446 g/mol. The predicted octanol–water partition coefficient (Wildman–Crippen LogP) is 4.47. The van der Waals surface area contributed by atoms with E-state index >= 15 is 0 Å². The second kappa shape index (κ2) is 13.1. The molecule has 0 saturated heterocycles. The second-order valence-electron chi connectivity index (χ2n) is 6.59. The van der Waals surface area contributed by atoms with Crippen molar-refractivity contribution in [3.63, 3.8) is 0 Å². The Hall–Kier alpha value is -3.42. The SMILES string of the molecule is CCCOc1ccc(C(=O)OCC(=O)Nc2cc(OCC)ccc2OCC)cc1OCC. The van der Waals surface area contributed by atoms with Crippen LogP contribution in [0.3, 0.4) is 0 Å². The number of ether oxygens (including phenoxy) is 5. The van der Waals surface area contributed by atoms with Crippen molar-refractivity contribution in [1.29, 1.82) is 0 Å². The van der Waals surface area contributed by atoms with Crippen LogP contribution in [0.5, 0.6) is 23.0 Å². The summed E-state index contributed by atoms with van der Waals surface area (Å²) in [5.41, 5.74) is 0.702. The molecule has 0 fully saturated rings. The van der Waals surface area contributed by atoms with Crippen LogP contribution < -0.4 is 24.3 Å². The maximum Gasteiger partial charge on any atom is 0.338 e. The number of carbonyl (C=O) groups excluding carboxylic acids is 2. The Kier molecular flexibility index (Phi) is 10.2. The molecule has 0 bridgehead atoms. The van der Waals surface area contributed by atoms with Crippen LogP contribution in [0, 0.1) is 0 Å². The molecule has 1 N–H and O–H groups in total. The lowest BCUT2D eigenvalue weighted by Crippen LogP contribution is -2.21. The Morgan fingerprint density at radius 1 is 0.781 bits per heavy atom. The number of benzene rings is 2. The fraction of sp³-hybridized carbons (Fsp3) is 0.417. The van der Waals surface area contributed by atoms with E-state index in [1.54, 1.807) is 36.4 Å². The van der Waals surface area contributed by atoms with Gasteiger partial charge in [0.25, 0.3) is 5.91 Å². The number of rotatable bonds is 13. The van der Waals surface area contributed by atoms with E-state index in [-0.39, 0.29) is 5.56 Å². The molecular formula is C24H31NO7. The van der Waals surface area contributed by atoms with Crippen LogP contribution in [-0.4, -0.2) is 44.9 Å². The molecule has 174 valence electrons. The highest BCUT2D eigenvalue weighted by Crippen LogP contribution is 2.30. The summed E-state index contributed by atoms with van der Waals surface area (Å²) in [6.07, 6.45) is 0.850. The maximum absolute atomic E-state index is 12.4. The Morgan fingerprint density at radius 2 is 1.47 bits per heavy atom. The van der Waals surface area contributed by atoms with Crippen molar-refractivity contribution < 1.29 is 33.3 Å². The van der Waals surface area contributed by atoms with Gasteiger partial charge in [-0.3, -0.25) is 4.79 Å². The molecular weight excluding hydrogens is 414 g/mol. The highest BCUT2D eigenvalue weighted by atomic mass is 16.5. The Labute approximate surface area is 188 Å². The minimum atomic E-state index is -0.642. The summed E-state index contributed by atoms with van der Waals surface area (Å²) in [7, 11) is 0. The molecule has 0 aromatic heterocycles. The van der Waals surface area contributed by atoms with Gasteiger partial charge >= 0.3 is 5.97 Å². The summed E-state index contributed by atoms with van der Waals surface area (Å²) in [4.78, 5) is 24.8. The molecule has 0 aliphatic rings. The van der Waals surface area contributed by atoms with Gasteiger partial charge in [0, 0.05) is 6.07 Å². The first-order chi connectivity index (χ1) is 15.5. The fourth-order valence-corrected chi connectivity index (χ4v) is 2.78. The third kappa shape index (κ3) is 7.37. The molecule has 2 aromatic carbocycles. The number of hydrogen-bond acceptors (Lipinski definition) is 7. The first kappa shape index (κ1) is 24.8. The summed E-state index contributed by atoms with van der Waals surface area (Å²) < 4.78 is 27.4. The minimum Gasteiger partial charge on any atom is -0.494 e. The zero-order chi connectivity index (χ0) is 23.3. The molecule has 0 aliphatic heterocycles. The lowest BCUT2D eigenvalue weighted by Gasteiger charge is -2.14. The third-order valence-electron chi connectivity index (χ3n) is 4.11. The van der Waals surface area contributed by atoms with Crippen LogP contribution in [0.15, 0.2) is 36.4 Å². The van der Waals surface area contributed by atoms with E-state index in [1.807, 2.05) is 27.7 Å². The van der Waals surface area contributed by atoms with Crippen molar-refractivity contribution in [2.45, 2.75) is 34.1 Å². The average Bonchev–Trinajstić information content (AvgIpc) is 2.79. The smallest absolute Gasteiger partial charge is 0.338 e. The largest absolute Gasteiger partial charge is 0.494 e. The molecule has 32 heavy (non-hydrogen) atoms. The van der Waals surface area contributed by atoms with Crippen LogP contribution in [0.4, 0.5) is 5.69 Å². The number of hydrogen-bond donors (Lipinski definition) is 1. The van der Waals surface area contributed by atoms with Crippen molar-refractivity contribution in [3.8, 4) is 23.0 Å². The fourth-order valence-electron chi connectivity index (χ4n) is 2.78. The topological polar surface area (TPSA) is 92.3 Å². The summed E-state index contributed by atoms with van der Waals surface area (Å²) in [5.74, 6) is 0.962. The van der Waals surface area contributed by atoms with Gasteiger partial charge in [-0.25, -0.2) is 4.79 Å². The van der Waals surface area contributed by atoms with Gasteiger partial charge in [0.2, 0.25) is 0 Å². The van der Waals surface area contributed by atoms with E-state index in [9.17, 15) is 9.59 Å². The van der Waals surface area contributed by atoms with Gasteiger partial charge in [0.15, 0.2) is 18.1 Å². The van der Waals surface area contributed by atoms with E-state index in [0.717, 1.165) is 6.42 Å².